The van der Waals surface area contributed by atoms with Crippen molar-refractivity contribution < 1.29 is 4.79 Å². The van der Waals surface area contributed by atoms with Crippen molar-refractivity contribution in [3.63, 3.8) is 0 Å². The van der Waals surface area contributed by atoms with E-state index < -0.39 is 0 Å². The lowest BCUT2D eigenvalue weighted by Crippen LogP contribution is -2.04. The molecule has 17 heavy (non-hydrogen) atoms. The molecule has 0 atom stereocenters. The molecular weight excluding hydrogens is 212 g/mol. The first-order chi connectivity index (χ1) is 8.13. The predicted molar refractivity (Wildman–Crippen MR) is 68.2 cm³/mol. The van der Waals surface area contributed by atoms with E-state index in [1.54, 1.807) is 6.07 Å². The molecule has 0 unspecified atom stereocenters. The monoisotopic (exact) mass is 228 g/mol. The Balaban J connectivity index is 2.49. The molecule has 0 aliphatic rings. The van der Waals surface area contributed by atoms with Crippen LogP contribution in [0.15, 0.2) is 30.5 Å². The minimum Gasteiger partial charge on any atom is -0.298 e. The number of aromatic nitrogens is 2. The van der Waals surface area contributed by atoms with Crippen LogP contribution in [-0.2, 0) is 0 Å². The molecule has 2 aromatic rings. The van der Waals surface area contributed by atoms with Crippen LogP contribution >= 0.6 is 0 Å². The summed E-state index contributed by atoms with van der Waals surface area (Å²) in [6, 6.07) is 7.94. The van der Waals surface area contributed by atoms with Crippen molar-refractivity contribution in [2.75, 3.05) is 0 Å². The van der Waals surface area contributed by atoms with Crippen LogP contribution < -0.4 is 0 Å². The van der Waals surface area contributed by atoms with Crippen molar-refractivity contribution in [2.45, 2.75) is 26.8 Å². The van der Waals surface area contributed by atoms with Crippen molar-refractivity contribution in [3.05, 3.63) is 41.7 Å². The Kier molecular flexibility index (Phi) is 3.09. The summed E-state index contributed by atoms with van der Waals surface area (Å²) in [4.78, 5) is 10.8. The summed E-state index contributed by atoms with van der Waals surface area (Å²) >= 11 is 0. The van der Waals surface area contributed by atoms with Gasteiger partial charge in [-0.2, -0.15) is 5.10 Å². The molecule has 1 heterocycles. The predicted octanol–water partition coefficient (Wildman–Crippen LogP) is 3.25. The fraction of sp³-hybridized carbons (Fsp3) is 0.286. The molecule has 0 radical (unpaired) electrons. The van der Waals surface area contributed by atoms with E-state index >= 15 is 0 Å². The van der Waals surface area contributed by atoms with E-state index in [0.717, 1.165) is 23.1 Å². The van der Waals surface area contributed by atoms with E-state index in [1.807, 2.05) is 29.1 Å². The van der Waals surface area contributed by atoms with Gasteiger partial charge in [0, 0.05) is 22.9 Å². The van der Waals surface area contributed by atoms with Crippen LogP contribution in [0.1, 0.15) is 35.9 Å². The number of hydrogen-bond donors (Lipinski definition) is 0. The highest BCUT2D eigenvalue weighted by Gasteiger charge is 2.10. The maximum absolute atomic E-state index is 10.8. The van der Waals surface area contributed by atoms with Gasteiger partial charge in [-0.3, -0.25) is 9.48 Å². The Morgan fingerprint density at radius 1 is 1.35 bits per heavy atom. The van der Waals surface area contributed by atoms with E-state index in [9.17, 15) is 4.79 Å². The third-order valence-corrected chi connectivity index (χ3v) is 2.87. The van der Waals surface area contributed by atoms with Crippen LogP contribution in [-0.4, -0.2) is 16.1 Å². The maximum Gasteiger partial charge on any atom is 0.150 e. The van der Waals surface area contributed by atoms with Gasteiger partial charge in [-0.25, -0.2) is 0 Å². The molecule has 0 bridgehead atoms. The molecule has 0 N–H and O–H groups in total. The fourth-order valence-electron chi connectivity index (χ4n) is 2.01. The number of carbonyl (C=O) groups excluding carboxylic acids is 1. The summed E-state index contributed by atoms with van der Waals surface area (Å²) < 4.78 is 1.99. The third kappa shape index (κ3) is 2.13. The maximum atomic E-state index is 10.8. The van der Waals surface area contributed by atoms with Crippen LogP contribution in [0.3, 0.4) is 0 Å². The van der Waals surface area contributed by atoms with E-state index in [-0.39, 0.29) is 0 Å². The normalized spacial score (nSPS) is 10.8. The highest BCUT2D eigenvalue weighted by atomic mass is 16.1. The second-order valence-electron chi connectivity index (χ2n) is 4.43. The minimum atomic E-state index is 0.345. The topological polar surface area (TPSA) is 34.9 Å². The number of benzene rings is 1. The Morgan fingerprint density at radius 3 is 2.71 bits per heavy atom. The molecule has 0 aliphatic carbocycles. The molecule has 0 fully saturated rings. The number of carbonyl (C=O) groups is 1. The Labute approximate surface area is 101 Å². The first-order valence-electron chi connectivity index (χ1n) is 5.73. The van der Waals surface area contributed by atoms with Gasteiger partial charge in [0.15, 0.2) is 0 Å². The van der Waals surface area contributed by atoms with Gasteiger partial charge in [0.05, 0.1) is 6.20 Å². The van der Waals surface area contributed by atoms with E-state index in [0.29, 0.717) is 11.6 Å². The molecule has 3 nitrogen and oxygen atoms in total. The largest absolute Gasteiger partial charge is 0.298 e. The van der Waals surface area contributed by atoms with Crippen LogP contribution in [0.25, 0.3) is 11.1 Å². The molecule has 3 heteroatoms. The molecule has 1 aromatic heterocycles. The first-order valence-corrected chi connectivity index (χ1v) is 5.73. The smallest absolute Gasteiger partial charge is 0.150 e. The van der Waals surface area contributed by atoms with E-state index in [2.05, 4.69) is 25.9 Å². The number of nitrogens with zero attached hydrogens (tertiary/aromatic N) is 2. The van der Waals surface area contributed by atoms with Gasteiger partial charge in [-0.05, 0) is 32.4 Å². The number of hydrogen-bond acceptors (Lipinski definition) is 2. The summed E-state index contributed by atoms with van der Waals surface area (Å²) in [5, 5.41) is 4.38. The van der Waals surface area contributed by atoms with Crippen LogP contribution in [0, 0.1) is 6.92 Å². The van der Waals surface area contributed by atoms with Gasteiger partial charge in [0.25, 0.3) is 0 Å². The van der Waals surface area contributed by atoms with Gasteiger partial charge in [0.1, 0.15) is 6.29 Å². The van der Waals surface area contributed by atoms with Crippen molar-refractivity contribution >= 4 is 6.29 Å². The lowest BCUT2D eigenvalue weighted by atomic mass is 10.0. The van der Waals surface area contributed by atoms with Gasteiger partial charge >= 0.3 is 0 Å². The molecular formula is C14H16N2O. The summed E-state index contributed by atoms with van der Waals surface area (Å²) in [5.41, 5.74) is 3.95. The van der Waals surface area contributed by atoms with Crippen LogP contribution in [0.5, 0.6) is 0 Å². The first kappa shape index (κ1) is 11.6. The lowest BCUT2D eigenvalue weighted by Gasteiger charge is -2.09. The fourth-order valence-corrected chi connectivity index (χ4v) is 2.01. The van der Waals surface area contributed by atoms with Gasteiger partial charge < -0.3 is 0 Å². The lowest BCUT2D eigenvalue weighted by molar-refractivity contribution is 0.112. The molecule has 0 saturated heterocycles. The van der Waals surface area contributed by atoms with Crippen LogP contribution in [0.4, 0.5) is 0 Å². The Hall–Kier alpha value is -1.90. The quantitative estimate of drug-likeness (QED) is 0.756. The summed E-state index contributed by atoms with van der Waals surface area (Å²) in [6.07, 6.45) is 2.73. The minimum absolute atomic E-state index is 0.345. The Bertz CT molecular complexity index is 541. The van der Waals surface area contributed by atoms with Crippen molar-refractivity contribution in [1.29, 1.82) is 0 Å². The van der Waals surface area contributed by atoms with Gasteiger partial charge in [-0.1, -0.05) is 18.2 Å². The van der Waals surface area contributed by atoms with Crippen molar-refractivity contribution in [3.8, 4) is 11.1 Å². The van der Waals surface area contributed by atoms with Gasteiger partial charge in [0.2, 0.25) is 0 Å². The number of aldehydes is 1. The summed E-state index contributed by atoms with van der Waals surface area (Å²) in [7, 11) is 0. The SMILES string of the molecule is Cc1c(-c2cccc(C=O)c2)cnn1C(C)C. The molecule has 1 aromatic carbocycles. The summed E-state index contributed by atoms with van der Waals surface area (Å²) in [6.45, 7) is 6.26. The summed E-state index contributed by atoms with van der Waals surface area (Å²) in [5.74, 6) is 0. The molecule has 0 aliphatic heterocycles. The zero-order chi connectivity index (χ0) is 12.4. The third-order valence-electron chi connectivity index (χ3n) is 2.87. The molecule has 2 rings (SSSR count). The van der Waals surface area contributed by atoms with Gasteiger partial charge in [-0.15, -0.1) is 0 Å². The molecule has 0 saturated carbocycles. The van der Waals surface area contributed by atoms with Crippen LogP contribution in [0.2, 0.25) is 0 Å². The standard InChI is InChI=1S/C14H16N2O/c1-10(2)16-11(3)14(8-15-16)13-6-4-5-12(7-13)9-17/h4-10H,1-3H3. The molecule has 88 valence electrons. The van der Waals surface area contributed by atoms with E-state index in [4.69, 9.17) is 0 Å². The van der Waals surface area contributed by atoms with Crippen molar-refractivity contribution in [1.82, 2.24) is 9.78 Å². The Morgan fingerprint density at radius 2 is 2.12 bits per heavy atom. The van der Waals surface area contributed by atoms with E-state index in [1.165, 1.54) is 0 Å². The average molecular weight is 228 g/mol. The second-order valence-corrected chi connectivity index (χ2v) is 4.43. The molecule has 0 amide bonds. The zero-order valence-corrected chi connectivity index (χ0v) is 10.3. The highest BCUT2D eigenvalue weighted by molar-refractivity contribution is 5.79. The molecule has 0 spiro atoms. The average Bonchev–Trinajstić information content (AvgIpc) is 2.71. The van der Waals surface area contributed by atoms with Crippen molar-refractivity contribution in [2.24, 2.45) is 0 Å². The zero-order valence-electron chi connectivity index (χ0n) is 10.3. The second kappa shape index (κ2) is 4.53. The number of rotatable bonds is 3. The highest BCUT2D eigenvalue weighted by Crippen LogP contribution is 2.25.